The molecular formula is C15H17N3O2S. The average molecular weight is 303 g/mol. The van der Waals surface area contributed by atoms with Crippen molar-refractivity contribution in [1.29, 1.82) is 0 Å². The summed E-state index contributed by atoms with van der Waals surface area (Å²) in [5, 5.41) is 0.881. The Morgan fingerprint density at radius 2 is 1.71 bits per heavy atom. The molecule has 0 saturated carbocycles. The maximum atomic E-state index is 5.44. The maximum Gasteiger partial charge on any atom is 0.206 e. The highest BCUT2D eigenvalue weighted by atomic mass is 32.1. The molecule has 0 N–H and O–H groups in total. The van der Waals surface area contributed by atoms with Crippen LogP contribution in [-0.2, 0) is 13.1 Å². The van der Waals surface area contributed by atoms with E-state index in [2.05, 4.69) is 28.1 Å². The Balaban J connectivity index is 1.83. The molecular weight excluding hydrogens is 286 g/mol. The first kappa shape index (κ1) is 13.9. The van der Waals surface area contributed by atoms with Crippen molar-refractivity contribution in [2.75, 3.05) is 4.90 Å². The smallest absolute Gasteiger partial charge is 0.206 e. The molecule has 3 aromatic heterocycles. The summed E-state index contributed by atoms with van der Waals surface area (Å²) < 4.78 is 15.3. The second kappa shape index (κ2) is 6.13. The second-order valence-corrected chi connectivity index (χ2v) is 5.83. The lowest BCUT2D eigenvalue weighted by molar-refractivity contribution is 0.476. The molecule has 0 saturated heterocycles. The summed E-state index contributed by atoms with van der Waals surface area (Å²) in [5.74, 6) is 2.98. The van der Waals surface area contributed by atoms with Gasteiger partial charge in [0, 0.05) is 17.5 Å². The van der Waals surface area contributed by atoms with E-state index in [1.807, 2.05) is 24.3 Å². The molecule has 0 bridgehead atoms. The normalized spacial score (nSPS) is 11.2. The van der Waals surface area contributed by atoms with Gasteiger partial charge in [0.2, 0.25) is 5.13 Å². The average Bonchev–Trinajstić information content (AvgIpc) is 3.21. The maximum absolute atomic E-state index is 5.44. The zero-order valence-corrected chi connectivity index (χ0v) is 12.8. The summed E-state index contributed by atoms with van der Waals surface area (Å²) in [5.41, 5.74) is 0. The van der Waals surface area contributed by atoms with E-state index in [1.165, 1.54) is 11.5 Å². The van der Waals surface area contributed by atoms with Gasteiger partial charge in [0.05, 0.1) is 25.6 Å². The first-order valence-electron chi connectivity index (χ1n) is 6.85. The minimum atomic E-state index is 0.323. The van der Waals surface area contributed by atoms with Crippen LogP contribution in [0.5, 0.6) is 0 Å². The molecule has 21 heavy (non-hydrogen) atoms. The van der Waals surface area contributed by atoms with Crippen LogP contribution in [0.4, 0.5) is 5.13 Å². The Bertz CT molecular complexity index is 623. The lowest BCUT2D eigenvalue weighted by atomic mass is 10.2. The molecule has 5 nitrogen and oxygen atoms in total. The fourth-order valence-corrected chi connectivity index (χ4v) is 2.77. The number of furan rings is 2. The summed E-state index contributed by atoms with van der Waals surface area (Å²) in [7, 11) is 0. The minimum absolute atomic E-state index is 0.323. The first-order valence-corrected chi connectivity index (χ1v) is 7.63. The Morgan fingerprint density at radius 1 is 1.10 bits per heavy atom. The molecule has 6 heteroatoms. The second-order valence-electron chi connectivity index (χ2n) is 5.10. The summed E-state index contributed by atoms with van der Waals surface area (Å²) in [6, 6.07) is 7.69. The largest absolute Gasteiger partial charge is 0.467 e. The van der Waals surface area contributed by atoms with Gasteiger partial charge in [-0.2, -0.15) is 4.37 Å². The molecule has 3 heterocycles. The molecule has 0 amide bonds. The van der Waals surface area contributed by atoms with Gasteiger partial charge in [0.1, 0.15) is 17.3 Å². The molecule has 0 atom stereocenters. The summed E-state index contributed by atoms with van der Waals surface area (Å²) in [4.78, 5) is 6.73. The van der Waals surface area contributed by atoms with Crippen molar-refractivity contribution in [3.8, 4) is 0 Å². The van der Waals surface area contributed by atoms with Crippen LogP contribution in [0.1, 0.15) is 37.1 Å². The molecule has 0 aliphatic rings. The zero-order chi connectivity index (χ0) is 14.7. The molecule has 0 radical (unpaired) electrons. The number of rotatable bonds is 6. The first-order chi connectivity index (χ1) is 10.2. The Kier molecular flexibility index (Phi) is 4.06. The predicted molar refractivity (Wildman–Crippen MR) is 81.3 cm³/mol. The third-order valence-electron chi connectivity index (χ3n) is 3.07. The molecule has 0 aliphatic heterocycles. The van der Waals surface area contributed by atoms with E-state index in [0.29, 0.717) is 19.0 Å². The van der Waals surface area contributed by atoms with Crippen molar-refractivity contribution in [2.45, 2.75) is 32.9 Å². The van der Waals surface area contributed by atoms with E-state index in [1.54, 1.807) is 12.5 Å². The highest BCUT2D eigenvalue weighted by Gasteiger charge is 2.17. The van der Waals surface area contributed by atoms with Gasteiger partial charge in [-0.25, -0.2) is 4.98 Å². The lowest BCUT2D eigenvalue weighted by Gasteiger charge is -2.18. The van der Waals surface area contributed by atoms with Gasteiger partial charge in [0.25, 0.3) is 0 Å². The van der Waals surface area contributed by atoms with Gasteiger partial charge in [-0.15, -0.1) is 0 Å². The van der Waals surface area contributed by atoms with Crippen LogP contribution >= 0.6 is 11.5 Å². The van der Waals surface area contributed by atoms with Gasteiger partial charge in [-0.05, 0) is 24.3 Å². The van der Waals surface area contributed by atoms with Crippen LogP contribution in [-0.4, -0.2) is 9.36 Å². The molecule has 3 aromatic rings. The van der Waals surface area contributed by atoms with Gasteiger partial charge in [-0.1, -0.05) is 13.8 Å². The van der Waals surface area contributed by atoms with Crippen molar-refractivity contribution >= 4 is 16.7 Å². The molecule has 0 aliphatic carbocycles. The number of hydrogen-bond acceptors (Lipinski definition) is 6. The van der Waals surface area contributed by atoms with Crippen LogP contribution < -0.4 is 4.90 Å². The van der Waals surface area contributed by atoms with Crippen molar-refractivity contribution in [2.24, 2.45) is 0 Å². The number of anilines is 1. The SMILES string of the molecule is CC(C)c1nsc(N(Cc2ccco2)Cc2ccco2)n1. The Morgan fingerprint density at radius 3 is 2.14 bits per heavy atom. The van der Waals surface area contributed by atoms with Gasteiger partial charge >= 0.3 is 0 Å². The summed E-state index contributed by atoms with van der Waals surface area (Å²) >= 11 is 1.41. The van der Waals surface area contributed by atoms with Crippen LogP contribution in [0.3, 0.4) is 0 Å². The van der Waals surface area contributed by atoms with E-state index in [0.717, 1.165) is 22.5 Å². The quantitative estimate of drug-likeness (QED) is 0.687. The number of hydrogen-bond donors (Lipinski definition) is 0. The van der Waals surface area contributed by atoms with Crippen molar-refractivity contribution in [1.82, 2.24) is 9.36 Å². The number of nitrogens with zero attached hydrogens (tertiary/aromatic N) is 3. The monoisotopic (exact) mass is 303 g/mol. The fourth-order valence-electron chi connectivity index (χ4n) is 1.96. The molecule has 3 rings (SSSR count). The van der Waals surface area contributed by atoms with E-state index >= 15 is 0 Å². The van der Waals surface area contributed by atoms with E-state index in [4.69, 9.17) is 8.83 Å². The topological polar surface area (TPSA) is 55.3 Å². The Labute approximate surface area is 127 Å². The molecule has 0 fully saturated rings. The van der Waals surface area contributed by atoms with Crippen LogP contribution in [0.25, 0.3) is 0 Å². The summed E-state index contributed by atoms with van der Waals surface area (Å²) in [6.45, 7) is 5.46. The van der Waals surface area contributed by atoms with Crippen LogP contribution in [0.15, 0.2) is 45.6 Å². The molecule has 110 valence electrons. The zero-order valence-electron chi connectivity index (χ0n) is 12.0. The highest BCUT2D eigenvalue weighted by molar-refractivity contribution is 7.09. The minimum Gasteiger partial charge on any atom is -0.467 e. The van der Waals surface area contributed by atoms with Crippen molar-refractivity contribution in [3.05, 3.63) is 54.1 Å². The lowest BCUT2D eigenvalue weighted by Crippen LogP contribution is -2.21. The van der Waals surface area contributed by atoms with E-state index in [9.17, 15) is 0 Å². The van der Waals surface area contributed by atoms with Crippen LogP contribution in [0.2, 0.25) is 0 Å². The van der Waals surface area contributed by atoms with Gasteiger partial charge in [0.15, 0.2) is 0 Å². The Hall–Kier alpha value is -2.08. The molecule has 0 unspecified atom stereocenters. The highest BCUT2D eigenvalue weighted by Crippen LogP contribution is 2.25. The van der Waals surface area contributed by atoms with E-state index < -0.39 is 0 Å². The molecule has 0 aromatic carbocycles. The fraction of sp³-hybridized carbons (Fsp3) is 0.333. The van der Waals surface area contributed by atoms with Crippen molar-refractivity contribution in [3.63, 3.8) is 0 Å². The van der Waals surface area contributed by atoms with Crippen molar-refractivity contribution < 1.29 is 8.83 Å². The predicted octanol–water partition coefficient (Wildman–Crippen LogP) is 4.05. The third kappa shape index (κ3) is 3.33. The standard InChI is InChI=1S/C15H17N3O2S/c1-11(2)14-16-15(21-17-14)18(9-12-5-3-7-19-12)10-13-6-4-8-20-13/h3-8,11H,9-10H2,1-2H3. The van der Waals surface area contributed by atoms with E-state index in [-0.39, 0.29) is 0 Å². The third-order valence-corrected chi connectivity index (χ3v) is 3.86. The number of aromatic nitrogens is 2. The van der Waals surface area contributed by atoms with Crippen LogP contribution in [0, 0.1) is 0 Å². The molecule has 0 spiro atoms. The van der Waals surface area contributed by atoms with Gasteiger partial charge < -0.3 is 13.7 Å². The summed E-state index contributed by atoms with van der Waals surface area (Å²) in [6.07, 6.45) is 3.36. The van der Waals surface area contributed by atoms with Gasteiger partial charge in [-0.3, -0.25) is 0 Å².